The maximum Gasteiger partial charge on any atom is 0.416 e. The summed E-state index contributed by atoms with van der Waals surface area (Å²) < 4.78 is 43.6. The fraction of sp³-hybridized carbons (Fsp3) is 0.286. The first-order valence-electron chi connectivity index (χ1n) is 8.36. The van der Waals surface area contributed by atoms with Crippen molar-refractivity contribution in [2.45, 2.75) is 33.4 Å². The molecule has 0 fully saturated rings. The van der Waals surface area contributed by atoms with Crippen LogP contribution in [0.2, 0.25) is 10.0 Å². The Morgan fingerprint density at radius 3 is 2.21 bits per heavy atom. The highest BCUT2D eigenvalue weighted by molar-refractivity contribution is 6.38. The van der Waals surface area contributed by atoms with E-state index in [0.717, 1.165) is 17.7 Å². The number of benzene rings is 2. The Kier molecular flexibility index (Phi) is 6.84. The molecule has 0 N–H and O–H groups in total. The van der Waals surface area contributed by atoms with Gasteiger partial charge in [0.05, 0.1) is 23.3 Å². The topological polar surface area (TPSA) is 26.3 Å². The molecular weight excluding hydrogens is 412 g/mol. The van der Waals surface area contributed by atoms with E-state index in [0.29, 0.717) is 33.7 Å². The normalized spacial score (nSPS) is 12.2. The first-order valence-corrected chi connectivity index (χ1v) is 9.12. The Hall–Kier alpha value is -1.98. The minimum atomic E-state index is -4.39. The average Bonchev–Trinajstić information content (AvgIpc) is 2.60. The van der Waals surface area contributed by atoms with Crippen LogP contribution in [0.3, 0.4) is 0 Å². The van der Waals surface area contributed by atoms with Crippen molar-refractivity contribution in [2.24, 2.45) is 0 Å². The fourth-order valence-electron chi connectivity index (χ4n) is 2.97. The fourth-order valence-corrected chi connectivity index (χ4v) is 3.55. The molecule has 2 aromatic carbocycles. The van der Waals surface area contributed by atoms with Crippen molar-refractivity contribution >= 4 is 35.2 Å². The molecule has 0 aromatic heterocycles. The van der Waals surface area contributed by atoms with E-state index in [1.807, 2.05) is 13.0 Å². The molecule has 2 rings (SSSR count). The van der Waals surface area contributed by atoms with Crippen LogP contribution in [0.5, 0.6) is 0 Å². The lowest BCUT2D eigenvalue weighted by Gasteiger charge is -2.14. The molecule has 0 unspecified atom stereocenters. The molecular formula is C21H19Cl2F3O2. The minimum Gasteiger partial charge on any atom is -0.465 e. The zero-order valence-electron chi connectivity index (χ0n) is 15.8. The Balaban J connectivity index is 2.42. The highest BCUT2D eigenvalue weighted by Crippen LogP contribution is 2.34. The molecule has 0 aliphatic heterocycles. The van der Waals surface area contributed by atoms with E-state index in [2.05, 4.69) is 0 Å². The highest BCUT2D eigenvalue weighted by atomic mass is 35.5. The van der Waals surface area contributed by atoms with Gasteiger partial charge in [0, 0.05) is 5.02 Å². The van der Waals surface area contributed by atoms with Crippen LogP contribution in [0.15, 0.2) is 29.8 Å². The number of rotatable bonds is 4. The van der Waals surface area contributed by atoms with Crippen molar-refractivity contribution < 1.29 is 22.7 Å². The third-order valence-corrected chi connectivity index (χ3v) is 5.14. The van der Waals surface area contributed by atoms with Gasteiger partial charge in [-0.1, -0.05) is 34.9 Å². The van der Waals surface area contributed by atoms with Crippen molar-refractivity contribution in [2.75, 3.05) is 7.11 Å². The van der Waals surface area contributed by atoms with Gasteiger partial charge in [0.25, 0.3) is 0 Å². The van der Waals surface area contributed by atoms with E-state index in [1.165, 1.54) is 13.2 Å². The largest absolute Gasteiger partial charge is 0.465 e. The molecule has 0 radical (unpaired) electrons. The molecule has 150 valence electrons. The monoisotopic (exact) mass is 430 g/mol. The number of halogens is 5. The molecule has 0 aliphatic carbocycles. The van der Waals surface area contributed by atoms with Crippen LogP contribution in [0, 0.1) is 13.8 Å². The van der Waals surface area contributed by atoms with Crippen LogP contribution < -0.4 is 0 Å². The van der Waals surface area contributed by atoms with Gasteiger partial charge in [-0.05, 0) is 73.7 Å². The molecule has 0 spiro atoms. The second-order valence-corrected chi connectivity index (χ2v) is 7.35. The number of carbonyl (C=O) groups excluding carboxylic acids is 1. The van der Waals surface area contributed by atoms with Gasteiger partial charge in [-0.2, -0.15) is 13.2 Å². The number of carbonyl (C=O) groups is 1. The summed E-state index contributed by atoms with van der Waals surface area (Å²) in [6, 6.07) is 5.31. The number of hydrogen-bond donors (Lipinski definition) is 0. The van der Waals surface area contributed by atoms with Crippen molar-refractivity contribution in [3.8, 4) is 0 Å². The standard InChI is InChI=1S/C21H19Cl2F3O2/c1-11(7-16-12(2)9-14(10-13(16)3)21(24,25)26)8-17-18(22)6-5-15(19(17)23)20(27)28-4/h5-7,9-10H,8H2,1-4H3/b11-7+. The van der Waals surface area contributed by atoms with Gasteiger partial charge in [0.1, 0.15) is 0 Å². The molecule has 28 heavy (non-hydrogen) atoms. The van der Waals surface area contributed by atoms with Gasteiger partial charge in [-0.15, -0.1) is 0 Å². The molecule has 0 aliphatic rings. The molecule has 0 heterocycles. The number of esters is 1. The second-order valence-electron chi connectivity index (χ2n) is 6.57. The number of hydrogen-bond acceptors (Lipinski definition) is 2. The number of methoxy groups -OCH3 is 1. The van der Waals surface area contributed by atoms with Crippen LogP contribution in [-0.4, -0.2) is 13.1 Å². The molecule has 2 nitrogen and oxygen atoms in total. The van der Waals surface area contributed by atoms with Gasteiger partial charge >= 0.3 is 12.1 Å². The van der Waals surface area contributed by atoms with Gasteiger partial charge < -0.3 is 4.74 Å². The SMILES string of the molecule is COC(=O)c1ccc(Cl)c(C/C(C)=C/c2c(C)cc(C(F)(F)F)cc2C)c1Cl. The number of allylic oxidation sites excluding steroid dienone is 1. The van der Waals surface area contributed by atoms with Crippen LogP contribution in [0.25, 0.3) is 6.08 Å². The Labute approximate surface area is 171 Å². The smallest absolute Gasteiger partial charge is 0.416 e. The average molecular weight is 431 g/mol. The maximum atomic E-state index is 13.0. The molecule has 0 bridgehead atoms. The summed E-state index contributed by atoms with van der Waals surface area (Å²) >= 11 is 12.6. The van der Waals surface area contributed by atoms with Gasteiger partial charge in [0.15, 0.2) is 0 Å². The van der Waals surface area contributed by atoms with Crippen LogP contribution >= 0.6 is 23.2 Å². The van der Waals surface area contributed by atoms with Crippen LogP contribution in [0.1, 0.15) is 45.1 Å². The van der Waals surface area contributed by atoms with E-state index in [-0.39, 0.29) is 10.6 Å². The third-order valence-electron chi connectivity index (χ3n) is 4.36. The van der Waals surface area contributed by atoms with E-state index >= 15 is 0 Å². The van der Waals surface area contributed by atoms with Crippen LogP contribution in [0.4, 0.5) is 13.2 Å². The highest BCUT2D eigenvalue weighted by Gasteiger charge is 2.31. The summed E-state index contributed by atoms with van der Waals surface area (Å²) in [7, 11) is 1.26. The van der Waals surface area contributed by atoms with E-state index < -0.39 is 17.7 Å². The Morgan fingerprint density at radius 2 is 1.71 bits per heavy atom. The summed E-state index contributed by atoms with van der Waals surface area (Å²) in [5.74, 6) is -0.570. The first-order chi connectivity index (χ1) is 13.0. The van der Waals surface area contributed by atoms with Crippen molar-refractivity contribution in [1.29, 1.82) is 0 Å². The summed E-state index contributed by atoms with van der Waals surface area (Å²) in [5, 5.41) is 0.597. The summed E-state index contributed by atoms with van der Waals surface area (Å²) in [4.78, 5) is 11.8. The summed E-state index contributed by atoms with van der Waals surface area (Å²) in [6.07, 6.45) is -2.24. The summed E-state index contributed by atoms with van der Waals surface area (Å²) in [6.45, 7) is 5.10. The quantitative estimate of drug-likeness (QED) is 0.485. The minimum absolute atomic E-state index is 0.202. The van der Waals surface area contributed by atoms with Gasteiger partial charge in [0.2, 0.25) is 0 Å². The Morgan fingerprint density at radius 1 is 1.14 bits per heavy atom. The second kappa shape index (κ2) is 8.58. The summed E-state index contributed by atoms with van der Waals surface area (Å²) in [5.41, 5.74) is 2.67. The lowest BCUT2D eigenvalue weighted by atomic mass is 9.95. The Bertz CT molecular complexity index is 924. The van der Waals surface area contributed by atoms with E-state index in [1.54, 1.807) is 19.9 Å². The lowest BCUT2D eigenvalue weighted by molar-refractivity contribution is -0.137. The van der Waals surface area contributed by atoms with Crippen LogP contribution in [-0.2, 0) is 17.3 Å². The lowest BCUT2D eigenvalue weighted by Crippen LogP contribution is -2.07. The van der Waals surface area contributed by atoms with E-state index in [4.69, 9.17) is 27.9 Å². The van der Waals surface area contributed by atoms with Crippen molar-refractivity contribution in [1.82, 2.24) is 0 Å². The molecule has 7 heteroatoms. The molecule has 0 amide bonds. The molecule has 0 atom stereocenters. The predicted molar refractivity (Wildman–Crippen MR) is 106 cm³/mol. The molecule has 2 aromatic rings. The zero-order chi connectivity index (χ0) is 21.2. The van der Waals surface area contributed by atoms with E-state index in [9.17, 15) is 18.0 Å². The first kappa shape index (κ1) is 22.3. The number of aryl methyl sites for hydroxylation is 2. The maximum absolute atomic E-state index is 13.0. The van der Waals surface area contributed by atoms with Gasteiger partial charge in [-0.25, -0.2) is 4.79 Å². The number of alkyl halides is 3. The van der Waals surface area contributed by atoms with Gasteiger partial charge in [-0.3, -0.25) is 0 Å². The zero-order valence-corrected chi connectivity index (χ0v) is 17.3. The van der Waals surface area contributed by atoms with Crippen molar-refractivity contribution in [3.05, 3.63) is 73.3 Å². The van der Waals surface area contributed by atoms with Crippen molar-refractivity contribution in [3.63, 3.8) is 0 Å². The molecule has 0 saturated heterocycles. The molecule has 0 saturated carbocycles. The number of ether oxygens (including phenoxy) is 1. The third kappa shape index (κ3) is 4.89. The predicted octanol–water partition coefficient (Wildman–Crippen LogP) is 7.06.